The van der Waals surface area contributed by atoms with E-state index in [4.69, 9.17) is 17.3 Å². The SMILES string of the molecule is Cc1cc2ccc(Cl)c(C)c2nc1CN. The normalized spacial score (nSPS) is 10.9. The number of aryl methyl sites for hydroxylation is 2. The zero-order valence-electron chi connectivity index (χ0n) is 8.84. The first-order valence-electron chi connectivity index (χ1n) is 4.89. The topological polar surface area (TPSA) is 38.9 Å². The summed E-state index contributed by atoms with van der Waals surface area (Å²) >= 11 is 6.05. The summed E-state index contributed by atoms with van der Waals surface area (Å²) < 4.78 is 0. The fourth-order valence-electron chi connectivity index (χ4n) is 1.71. The second kappa shape index (κ2) is 3.80. The van der Waals surface area contributed by atoms with Gasteiger partial charge in [-0.15, -0.1) is 0 Å². The number of rotatable bonds is 1. The van der Waals surface area contributed by atoms with Crippen LogP contribution in [0.25, 0.3) is 10.9 Å². The molecule has 0 atom stereocenters. The highest BCUT2D eigenvalue weighted by molar-refractivity contribution is 6.32. The molecule has 0 unspecified atom stereocenters. The lowest BCUT2D eigenvalue weighted by Crippen LogP contribution is -2.03. The zero-order chi connectivity index (χ0) is 11.0. The van der Waals surface area contributed by atoms with E-state index in [0.29, 0.717) is 6.54 Å². The summed E-state index contributed by atoms with van der Waals surface area (Å²) in [5.74, 6) is 0. The van der Waals surface area contributed by atoms with Gasteiger partial charge in [0.15, 0.2) is 0 Å². The molecule has 2 rings (SSSR count). The molecule has 0 bridgehead atoms. The number of nitrogens with two attached hydrogens (primary N) is 1. The number of halogens is 1. The van der Waals surface area contributed by atoms with Gasteiger partial charge in [-0.3, -0.25) is 4.98 Å². The Morgan fingerprint density at radius 2 is 2.07 bits per heavy atom. The summed E-state index contributed by atoms with van der Waals surface area (Å²) in [7, 11) is 0. The van der Waals surface area contributed by atoms with Crippen molar-refractivity contribution < 1.29 is 0 Å². The highest BCUT2D eigenvalue weighted by atomic mass is 35.5. The molecule has 2 N–H and O–H groups in total. The van der Waals surface area contributed by atoms with Crippen LogP contribution in [0.3, 0.4) is 0 Å². The van der Waals surface area contributed by atoms with Gasteiger partial charge >= 0.3 is 0 Å². The Kier molecular flexibility index (Phi) is 2.63. The van der Waals surface area contributed by atoms with Crippen molar-refractivity contribution >= 4 is 22.5 Å². The largest absolute Gasteiger partial charge is 0.325 e. The molecular formula is C12H13ClN2. The molecular weight excluding hydrogens is 208 g/mol. The third-order valence-corrected chi connectivity index (χ3v) is 3.07. The number of aromatic nitrogens is 1. The molecule has 0 aliphatic carbocycles. The second-order valence-electron chi connectivity index (χ2n) is 3.70. The summed E-state index contributed by atoms with van der Waals surface area (Å²) in [6, 6.07) is 6.00. The Balaban J connectivity index is 2.82. The van der Waals surface area contributed by atoms with Gasteiger partial charge in [-0.1, -0.05) is 17.7 Å². The maximum absolute atomic E-state index is 6.05. The van der Waals surface area contributed by atoms with Gasteiger partial charge in [0.05, 0.1) is 11.2 Å². The standard InChI is InChI=1S/C12H13ClN2/c1-7-5-9-3-4-10(13)8(2)12(9)15-11(7)6-14/h3-5H,6,14H2,1-2H3. The van der Waals surface area contributed by atoms with Crippen LogP contribution in [-0.4, -0.2) is 4.98 Å². The highest BCUT2D eigenvalue weighted by Gasteiger charge is 2.06. The number of nitrogens with zero attached hydrogens (tertiary/aromatic N) is 1. The van der Waals surface area contributed by atoms with E-state index in [9.17, 15) is 0 Å². The van der Waals surface area contributed by atoms with Gasteiger partial charge in [-0.05, 0) is 37.1 Å². The van der Waals surface area contributed by atoms with Crippen LogP contribution in [0.4, 0.5) is 0 Å². The molecule has 0 saturated heterocycles. The smallest absolute Gasteiger partial charge is 0.0750 e. The molecule has 2 aromatic rings. The molecule has 0 fully saturated rings. The number of pyridine rings is 1. The molecule has 0 radical (unpaired) electrons. The van der Waals surface area contributed by atoms with Crippen molar-refractivity contribution in [1.82, 2.24) is 4.98 Å². The fraction of sp³-hybridized carbons (Fsp3) is 0.250. The highest BCUT2D eigenvalue weighted by Crippen LogP contribution is 2.25. The van der Waals surface area contributed by atoms with E-state index in [2.05, 4.69) is 11.1 Å². The van der Waals surface area contributed by atoms with Crippen LogP contribution >= 0.6 is 11.6 Å². The van der Waals surface area contributed by atoms with Crippen LogP contribution in [0.1, 0.15) is 16.8 Å². The third-order valence-electron chi connectivity index (χ3n) is 2.66. The quantitative estimate of drug-likeness (QED) is 0.803. The minimum atomic E-state index is 0.466. The average Bonchev–Trinajstić information content (AvgIpc) is 2.23. The maximum Gasteiger partial charge on any atom is 0.0750 e. The van der Waals surface area contributed by atoms with Crippen molar-refractivity contribution in [3.8, 4) is 0 Å². The van der Waals surface area contributed by atoms with Gasteiger partial charge in [-0.25, -0.2) is 0 Å². The molecule has 0 aliphatic rings. The minimum Gasteiger partial charge on any atom is -0.325 e. The molecule has 78 valence electrons. The lowest BCUT2D eigenvalue weighted by atomic mass is 10.1. The van der Waals surface area contributed by atoms with Crippen LogP contribution in [0.15, 0.2) is 18.2 Å². The van der Waals surface area contributed by atoms with E-state index >= 15 is 0 Å². The summed E-state index contributed by atoms with van der Waals surface area (Å²) in [5, 5.41) is 1.87. The van der Waals surface area contributed by atoms with Crippen LogP contribution in [-0.2, 0) is 6.54 Å². The van der Waals surface area contributed by atoms with Gasteiger partial charge in [0, 0.05) is 17.0 Å². The van der Waals surface area contributed by atoms with Crippen LogP contribution in [0, 0.1) is 13.8 Å². The Morgan fingerprint density at radius 3 is 2.73 bits per heavy atom. The summed E-state index contributed by atoms with van der Waals surface area (Å²) in [6.07, 6.45) is 0. The lowest BCUT2D eigenvalue weighted by Gasteiger charge is -2.08. The van der Waals surface area contributed by atoms with E-state index in [1.807, 2.05) is 26.0 Å². The van der Waals surface area contributed by atoms with Gasteiger partial charge in [0.25, 0.3) is 0 Å². The molecule has 0 aliphatic heterocycles. The van der Waals surface area contributed by atoms with Gasteiger partial charge in [0.2, 0.25) is 0 Å². The summed E-state index contributed by atoms with van der Waals surface area (Å²) in [6.45, 7) is 4.47. The van der Waals surface area contributed by atoms with Crippen LogP contribution in [0.5, 0.6) is 0 Å². The predicted molar refractivity (Wildman–Crippen MR) is 64.1 cm³/mol. The number of benzene rings is 1. The molecule has 15 heavy (non-hydrogen) atoms. The number of hydrogen-bond acceptors (Lipinski definition) is 2. The monoisotopic (exact) mass is 220 g/mol. The maximum atomic E-state index is 6.05. The molecule has 0 amide bonds. The number of hydrogen-bond donors (Lipinski definition) is 1. The van der Waals surface area contributed by atoms with Gasteiger partial charge in [0.1, 0.15) is 0 Å². The van der Waals surface area contributed by atoms with Crippen molar-refractivity contribution in [3.63, 3.8) is 0 Å². The molecule has 1 aromatic heterocycles. The molecule has 3 heteroatoms. The molecule has 1 heterocycles. The average molecular weight is 221 g/mol. The van der Waals surface area contributed by atoms with E-state index in [-0.39, 0.29) is 0 Å². The van der Waals surface area contributed by atoms with Crippen molar-refractivity contribution in [2.75, 3.05) is 0 Å². The lowest BCUT2D eigenvalue weighted by molar-refractivity contribution is 0.983. The first kappa shape index (κ1) is 10.4. The first-order chi connectivity index (χ1) is 7.13. The van der Waals surface area contributed by atoms with Crippen LogP contribution in [0.2, 0.25) is 5.02 Å². The van der Waals surface area contributed by atoms with E-state index in [0.717, 1.165) is 32.7 Å². The van der Waals surface area contributed by atoms with E-state index in [1.54, 1.807) is 0 Å². The Hall–Kier alpha value is -1.12. The van der Waals surface area contributed by atoms with Crippen molar-refractivity contribution in [2.24, 2.45) is 5.73 Å². The van der Waals surface area contributed by atoms with Crippen molar-refractivity contribution in [2.45, 2.75) is 20.4 Å². The van der Waals surface area contributed by atoms with Gasteiger partial charge in [-0.2, -0.15) is 0 Å². The fourth-order valence-corrected chi connectivity index (χ4v) is 1.86. The van der Waals surface area contributed by atoms with Gasteiger partial charge < -0.3 is 5.73 Å². The zero-order valence-corrected chi connectivity index (χ0v) is 9.60. The second-order valence-corrected chi connectivity index (χ2v) is 4.11. The van der Waals surface area contributed by atoms with Crippen molar-refractivity contribution in [1.29, 1.82) is 0 Å². The summed E-state index contributed by atoms with van der Waals surface area (Å²) in [4.78, 5) is 4.54. The molecule has 0 saturated carbocycles. The van der Waals surface area contributed by atoms with Crippen LogP contribution < -0.4 is 5.73 Å². The Labute approximate surface area is 94.1 Å². The molecule has 2 nitrogen and oxygen atoms in total. The first-order valence-corrected chi connectivity index (χ1v) is 5.26. The predicted octanol–water partition coefficient (Wildman–Crippen LogP) is 2.96. The summed E-state index contributed by atoms with van der Waals surface area (Å²) in [5.41, 5.74) is 9.67. The van der Waals surface area contributed by atoms with E-state index < -0.39 is 0 Å². The molecule has 1 aromatic carbocycles. The molecule has 0 spiro atoms. The third kappa shape index (κ3) is 1.71. The number of fused-ring (bicyclic) bond motifs is 1. The Morgan fingerprint density at radius 1 is 1.33 bits per heavy atom. The Bertz CT molecular complexity index is 521. The van der Waals surface area contributed by atoms with E-state index in [1.165, 1.54) is 0 Å². The minimum absolute atomic E-state index is 0.466. The van der Waals surface area contributed by atoms with Crippen molar-refractivity contribution in [3.05, 3.63) is 40.0 Å².